The minimum atomic E-state index is -0.906. The maximum absolute atomic E-state index is 13.6. The molecule has 2 amide bonds. The Labute approximate surface area is 239 Å². The van der Waals surface area contributed by atoms with Crippen molar-refractivity contribution in [3.63, 3.8) is 0 Å². The Morgan fingerprint density at radius 2 is 1.57 bits per heavy atom. The quantitative estimate of drug-likeness (QED) is 0.375. The predicted octanol–water partition coefficient (Wildman–Crippen LogP) is 7.24. The first-order valence-corrected chi connectivity index (χ1v) is 14.7. The molecule has 2 aliphatic rings. The molecule has 1 N–H and O–H groups in total. The molecule has 1 saturated heterocycles. The Kier molecular flexibility index (Phi) is 9.77. The van der Waals surface area contributed by atoms with Crippen molar-refractivity contribution in [2.45, 2.75) is 116 Å². The number of nitrogens with zero attached hydrogens (tertiary/aromatic N) is 1. The lowest BCUT2D eigenvalue weighted by molar-refractivity contribution is -0.0845. The fraction of sp³-hybridized carbons (Fsp3) is 0.576. The number of alkyl carbamates (subject to hydrolysis) is 1. The second kappa shape index (κ2) is 13.1. The van der Waals surface area contributed by atoms with Crippen LogP contribution in [0.3, 0.4) is 0 Å². The van der Waals surface area contributed by atoms with E-state index in [0.717, 1.165) is 30.4 Å². The second-order valence-electron chi connectivity index (χ2n) is 12.7. The van der Waals surface area contributed by atoms with E-state index in [1.165, 1.54) is 19.3 Å². The fourth-order valence-corrected chi connectivity index (χ4v) is 6.07. The highest BCUT2D eigenvalue weighted by molar-refractivity contribution is 5.70. The van der Waals surface area contributed by atoms with E-state index in [4.69, 9.17) is 14.2 Å². The molecule has 40 heavy (non-hydrogen) atoms. The standard InChI is InChI=1S/C33H46N2O5/c1-32(2,3)40-31(37)35-28(22-25-17-11-7-12-18-25)29(39-33(35,4)5)27(21-24-15-9-6-10-16-24)34-30(36)38-23-26-19-13-8-14-20-26/h6,8-10,13-16,19-20,25,27-29H,7,11-12,17-18,21-23H2,1-5H3,(H,34,36)/t27-,28-,29-/m0/s1. The van der Waals surface area contributed by atoms with Crippen LogP contribution in [0, 0.1) is 5.92 Å². The van der Waals surface area contributed by atoms with Gasteiger partial charge in [0.25, 0.3) is 0 Å². The van der Waals surface area contributed by atoms with Gasteiger partial charge in [0.2, 0.25) is 0 Å². The van der Waals surface area contributed by atoms with Crippen molar-refractivity contribution in [3.05, 3.63) is 71.8 Å². The first kappa shape index (κ1) is 29.9. The molecule has 1 aliphatic carbocycles. The number of hydrogen-bond donors (Lipinski definition) is 1. The van der Waals surface area contributed by atoms with Crippen LogP contribution in [-0.4, -0.2) is 46.6 Å². The third-order valence-corrected chi connectivity index (χ3v) is 7.82. The van der Waals surface area contributed by atoms with Gasteiger partial charge in [0.05, 0.1) is 12.1 Å². The Bertz CT molecular complexity index is 1090. The Hall–Kier alpha value is -3.06. The summed E-state index contributed by atoms with van der Waals surface area (Å²) in [6, 6.07) is 19.0. The number of hydrogen-bond acceptors (Lipinski definition) is 5. The molecule has 1 heterocycles. The molecular weight excluding hydrogens is 504 g/mol. The van der Waals surface area contributed by atoms with Crippen LogP contribution >= 0.6 is 0 Å². The maximum Gasteiger partial charge on any atom is 0.412 e. The number of rotatable bonds is 8. The van der Waals surface area contributed by atoms with Crippen LogP contribution < -0.4 is 5.32 Å². The van der Waals surface area contributed by atoms with E-state index in [-0.39, 0.29) is 18.7 Å². The van der Waals surface area contributed by atoms with E-state index in [1.807, 2.05) is 95.3 Å². The Morgan fingerprint density at radius 1 is 0.975 bits per heavy atom. The molecule has 7 heteroatoms. The van der Waals surface area contributed by atoms with Crippen LogP contribution in [0.25, 0.3) is 0 Å². The molecular formula is C33H46N2O5. The van der Waals surface area contributed by atoms with E-state index >= 15 is 0 Å². The molecule has 0 spiro atoms. The van der Waals surface area contributed by atoms with Crippen molar-refractivity contribution in [1.82, 2.24) is 10.2 Å². The molecule has 1 saturated carbocycles. The van der Waals surface area contributed by atoms with Gasteiger partial charge in [0, 0.05) is 0 Å². The first-order valence-electron chi connectivity index (χ1n) is 14.7. The van der Waals surface area contributed by atoms with E-state index < -0.39 is 29.6 Å². The van der Waals surface area contributed by atoms with E-state index in [2.05, 4.69) is 5.32 Å². The summed E-state index contributed by atoms with van der Waals surface area (Å²) in [6.45, 7) is 9.65. The van der Waals surface area contributed by atoms with Crippen molar-refractivity contribution in [2.75, 3.05) is 0 Å². The molecule has 4 rings (SSSR count). The van der Waals surface area contributed by atoms with Crippen molar-refractivity contribution >= 4 is 12.2 Å². The number of carbonyl (C=O) groups is 2. The van der Waals surface area contributed by atoms with Crippen molar-refractivity contribution < 1.29 is 23.8 Å². The SMILES string of the molecule is CC(C)(C)OC(=O)N1[C@@H](CC2CCCCC2)[C@H]([C@H](Cc2ccccc2)NC(=O)OCc2ccccc2)OC1(C)C. The summed E-state index contributed by atoms with van der Waals surface area (Å²) in [4.78, 5) is 28.6. The van der Waals surface area contributed by atoms with Crippen molar-refractivity contribution in [1.29, 1.82) is 0 Å². The van der Waals surface area contributed by atoms with Gasteiger partial charge in [-0.25, -0.2) is 9.59 Å². The summed E-state index contributed by atoms with van der Waals surface area (Å²) < 4.78 is 18.2. The van der Waals surface area contributed by atoms with Crippen LogP contribution in [0.5, 0.6) is 0 Å². The van der Waals surface area contributed by atoms with Gasteiger partial charge < -0.3 is 19.5 Å². The number of ether oxygens (including phenoxy) is 3. The number of benzene rings is 2. The lowest BCUT2D eigenvalue weighted by Crippen LogP contribution is -2.54. The molecule has 0 radical (unpaired) electrons. The summed E-state index contributed by atoms with van der Waals surface area (Å²) in [5.74, 6) is 0.492. The summed E-state index contributed by atoms with van der Waals surface area (Å²) in [7, 11) is 0. The zero-order valence-electron chi connectivity index (χ0n) is 24.7. The second-order valence-corrected chi connectivity index (χ2v) is 12.7. The minimum absolute atomic E-state index is 0.178. The zero-order valence-corrected chi connectivity index (χ0v) is 24.7. The molecule has 0 bridgehead atoms. The summed E-state index contributed by atoms with van der Waals surface area (Å²) >= 11 is 0. The van der Waals surface area contributed by atoms with Gasteiger partial charge in [-0.05, 0) is 64.5 Å². The normalized spacial score (nSPS) is 22.0. The largest absolute Gasteiger partial charge is 0.445 e. The van der Waals surface area contributed by atoms with Crippen LogP contribution in [-0.2, 0) is 27.2 Å². The number of amides is 2. The van der Waals surface area contributed by atoms with Crippen LogP contribution in [0.1, 0.15) is 84.3 Å². The van der Waals surface area contributed by atoms with E-state index in [9.17, 15) is 9.59 Å². The lowest BCUT2D eigenvalue weighted by Gasteiger charge is -2.37. The Morgan fingerprint density at radius 3 is 2.17 bits per heavy atom. The molecule has 7 nitrogen and oxygen atoms in total. The summed E-state index contributed by atoms with van der Waals surface area (Å²) in [6.07, 6.45) is 5.98. The summed E-state index contributed by atoms with van der Waals surface area (Å²) in [5, 5.41) is 3.13. The molecule has 218 valence electrons. The number of nitrogens with one attached hydrogen (secondary N) is 1. The molecule has 0 unspecified atom stereocenters. The van der Waals surface area contributed by atoms with Gasteiger partial charge in [0.1, 0.15) is 24.0 Å². The van der Waals surface area contributed by atoms with Crippen molar-refractivity contribution in [3.8, 4) is 0 Å². The van der Waals surface area contributed by atoms with Gasteiger partial charge in [0.15, 0.2) is 0 Å². The van der Waals surface area contributed by atoms with Gasteiger partial charge in [-0.2, -0.15) is 0 Å². The van der Waals surface area contributed by atoms with E-state index in [1.54, 1.807) is 4.90 Å². The molecule has 2 aromatic rings. The third-order valence-electron chi connectivity index (χ3n) is 7.82. The molecule has 3 atom stereocenters. The molecule has 1 aliphatic heterocycles. The monoisotopic (exact) mass is 550 g/mol. The highest BCUT2D eigenvalue weighted by Gasteiger charge is 2.54. The van der Waals surface area contributed by atoms with E-state index in [0.29, 0.717) is 12.3 Å². The maximum atomic E-state index is 13.6. The molecule has 0 aromatic heterocycles. The van der Waals surface area contributed by atoms with Crippen LogP contribution in [0.2, 0.25) is 0 Å². The summed E-state index contributed by atoms with van der Waals surface area (Å²) in [5.41, 5.74) is 0.451. The number of carbonyl (C=O) groups excluding carboxylic acids is 2. The highest BCUT2D eigenvalue weighted by Crippen LogP contribution is 2.41. The fourth-order valence-electron chi connectivity index (χ4n) is 6.07. The highest BCUT2D eigenvalue weighted by atomic mass is 16.6. The molecule has 2 fully saturated rings. The lowest BCUT2D eigenvalue weighted by atomic mass is 9.82. The Balaban J connectivity index is 1.61. The third kappa shape index (κ3) is 8.23. The van der Waals surface area contributed by atoms with Crippen molar-refractivity contribution in [2.24, 2.45) is 5.92 Å². The average molecular weight is 551 g/mol. The van der Waals surface area contributed by atoms with Gasteiger partial charge in [-0.3, -0.25) is 4.90 Å². The smallest absolute Gasteiger partial charge is 0.412 e. The van der Waals surface area contributed by atoms with Gasteiger partial charge in [-0.1, -0.05) is 92.8 Å². The van der Waals surface area contributed by atoms with Crippen LogP contribution in [0.15, 0.2) is 60.7 Å². The average Bonchev–Trinajstić information content (AvgIpc) is 3.17. The van der Waals surface area contributed by atoms with Gasteiger partial charge >= 0.3 is 12.2 Å². The first-order chi connectivity index (χ1) is 19.0. The van der Waals surface area contributed by atoms with Crippen LogP contribution in [0.4, 0.5) is 9.59 Å². The van der Waals surface area contributed by atoms with Gasteiger partial charge in [-0.15, -0.1) is 0 Å². The molecule has 2 aromatic carbocycles. The predicted molar refractivity (Wildman–Crippen MR) is 156 cm³/mol. The topological polar surface area (TPSA) is 77.1 Å². The zero-order chi connectivity index (χ0) is 28.8. The minimum Gasteiger partial charge on any atom is -0.445 e.